The normalized spacial score (nSPS) is 24.2. The van der Waals surface area contributed by atoms with Crippen molar-refractivity contribution in [2.45, 2.75) is 19.1 Å². The van der Waals surface area contributed by atoms with E-state index in [-0.39, 0.29) is 11.4 Å². The summed E-state index contributed by atoms with van der Waals surface area (Å²) >= 11 is 1.72. The molecule has 0 radical (unpaired) electrons. The number of cyclic esters (lactones) is 1. The second-order valence-electron chi connectivity index (χ2n) is 5.61. The minimum atomic E-state index is -1.37. The monoisotopic (exact) mass is 358 g/mol. The maximum atomic E-state index is 14.5. The summed E-state index contributed by atoms with van der Waals surface area (Å²) in [6, 6.07) is 1.22. The minimum Gasteiger partial charge on any atom is -0.478 e. The van der Waals surface area contributed by atoms with Crippen LogP contribution in [0.25, 0.3) is 0 Å². The predicted octanol–water partition coefficient (Wildman–Crippen LogP) is 2.32. The number of aliphatic carboxylic acids is 1. The molecule has 6 nitrogen and oxygen atoms in total. The van der Waals surface area contributed by atoms with Crippen LogP contribution in [0.1, 0.15) is 6.92 Å². The molecule has 0 aromatic heterocycles. The Morgan fingerprint density at radius 2 is 1.88 bits per heavy atom. The highest BCUT2D eigenvalue weighted by atomic mass is 32.2. The van der Waals surface area contributed by atoms with Crippen LogP contribution in [-0.4, -0.2) is 53.9 Å². The molecular formula is C15H16F2N2O4S. The topological polar surface area (TPSA) is 70.1 Å². The summed E-state index contributed by atoms with van der Waals surface area (Å²) in [6.45, 7) is 2.54. The molecule has 1 aromatic carbocycles. The molecule has 2 fully saturated rings. The largest absolute Gasteiger partial charge is 0.478 e. The zero-order valence-electron chi connectivity index (χ0n) is 12.9. The van der Waals surface area contributed by atoms with Gasteiger partial charge in [0.15, 0.2) is 11.6 Å². The Morgan fingerprint density at radius 1 is 1.29 bits per heavy atom. The minimum absolute atomic E-state index is 0.0543. The number of rotatable bonds is 3. The molecule has 1 unspecified atom stereocenters. The molecule has 9 heteroatoms. The number of thioether (sulfide) groups is 1. The van der Waals surface area contributed by atoms with Gasteiger partial charge in [-0.05, 0) is 6.92 Å². The van der Waals surface area contributed by atoms with Gasteiger partial charge in [-0.3, -0.25) is 4.90 Å². The molecule has 24 heavy (non-hydrogen) atoms. The molecule has 1 amide bonds. The molecule has 1 aromatic rings. The predicted molar refractivity (Wildman–Crippen MR) is 85.7 cm³/mol. The van der Waals surface area contributed by atoms with Crippen molar-refractivity contribution in [2.24, 2.45) is 0 Å². The molecule has 2 saturated heterocycles. The number of carboxylic acids is 1. The standard InChI is InChI=1S/C15H16F2N2O4S/c1-8-13(14(20)21)23-15(22)19(8)9-6-10(16)12(11(17)7-9)18-2-4-24-5-3-18/h6-8,13H,2-5H2,1H3,(H,20,21)/t8?,13-/m1/s1. The third-order valence-corrected chi connectivity index (χ3v) is 5.06. The SMILES string of the molecule is CC1[C@H](C(=O)O)OC(=O)N1c1cc(F)c(N2CCSCC2)c(F)c1. The number of halogens is 2. The van der Waals surface area contributed by atoms with E-state index in [1.54, 1.807) is 16.7 Å². The van der Waals surface area contributed by atoms with Crippen LogP contribution in [0.2, 0.25) is 0 Å². The molecule has 0 spiro atoms. The first-order valence-electron chi connectivity index (χ1n) is 7.44. The number of hydrogen-bond acceptors (Lipinski definition) is 5. The van der Waals surface area contributed by atoms with E-state index < -0.39 is 35.8 Å². The van der Waals surface area contributed by atoms with Crippen LogP contribution >= 0.6 is 11.8 Å². The Hall–Kier alpha value is -2.03. The van der Waals surface area contributed by atoms with Crippen LogP contribution in [0.4, 0.5) is 25.0 Å². The molecule has 1 N–H and O–H groups in total. The fourth-order valence-corrected chi connectivity index (χ4v) is 3.85. The van der Waals surface area contributed by atoms with Crippen molar-refractivity contribution in [1.82, 2.24) is 0 Å². The summed E-state index contributed by atoms with van der Waals surface area (Å²) in [7, 11) is 0. The number of benzene rings is 1. The van der Waals surface area contributed by atoms with Crippen LogP contribution < -0.4 is 9.80 Å². The molecule has 2 aliphatic heterocycles. The zero-order valence-corrected chi connectivity index (χ0v) is 13.7. The van der Waals surface area contributed by atoms with Crippen molar-refractivity contribution < 1.29 is 28.2 Å². The number of anilines is 2. The number of carbonyl (C=O) groups excluding carboxylic acids is 1. The number of amides is 1. The second-order valence-corrected chi connectivity index (χ2v) is 6.84. The van der Waals surface area contributed by atoms with E-state index in [0.29, 0.717) is 13.1 Å². The number of ether oxygens (including phenoxy) is 1. The molecule has 0 saturated carbocycles. The summed E-state index contributed by atoms with van der Waals surface area (Å²) in [4.78, 5) is 25.6. The summed E-state index contributed by atoms with van der Waals surface area (Å²) in [5.41, 5.74) is -0.171. The maximum absolute atomic E-state index is 14.5. The Balaban J connectivity index is 1.93. The lowest BCUT2D eigenvalue weighted by atomic mass is 10.1. The number of hydrogen-bond donors (Lipinski definition) is 1. The van der Waals surface area contributed by atoms with Gasteiger partial charge in [-0.2, -0.15) is 11.8 Å². The molecule has 2 heterocycles. The van der Waals surface area contributed by atoms with E-state index in [4.69, 9.17) is 9.84 Å². The van der Waals surface area contributed by atoms with Crippen LogP contribution in [0, 0.1) is 11.6 Å². The summed E-state index contributed by atoms with van der Waals surface area (Å²) in [6.07, 6.45) is -2.31. The van der Waals surface area contributed by atoms with Gasteiger partial charge in [0.1, 0.15) is 5.69 Å². The molecular weight excluding hydrogens is 342 g/mol. The van der Waals surface area contributed by atoms with Crippen LogP contribution in [-0.2, 0) is 9.53 Å². The van der Waals surface area contributed by atoms with E-state index in [2.05, 4.69) is 0 Å². The number of carboxylic acid groups (broad SMARTS) is 1. The van der Waals surface area contributed by atoms with Gasteiger partial charge in [0.2, 0.25) is 6.10 Å². The van der Waals surface area contributed by atoms with Gasteiger partial charge in [-0.25, -0.2) is 18.4 Å². The smallest absolute Gasteiger partial charge is 0.415 e. The van der Waals surface area contributed by atoms with Crippen LogP contribution in [0.15, 0.2) is 12.1 Å². The molecule has 0 bridgehead atoms. The number of nitrogens with zero attached hydrogens (tertiary/aromatic N) is 2. The van der Waals surface area contributed by atoms with E-state index in [0.717, 1.165) is 28.5 Å². The summed E-state index contributed by atoms with van der Waals surface area (Å²) in [5.74, 6) is -1.29. The first kappa shape index (κ1) is 16.8. The second kappa shape index (κ2) is 6.46. The Morgan fingerprint density at radius 3 is 2.38 bits per heavy atom. The Kier molecular flexibility index (Phi) is 4.53. The molecule has 130 valence electrons. The molecule has 2 aliphatic rings. The highest BCUT2D eigenvalue weighted by molar-refractivity contribution is 7.99. The lowest BCUT2D eigenvalue weighted by Gasteiger charge is -2.30. The number of carbonyl (C=O) groups is 2. The van der Waals surface area contributed by atoms with Gasteiger partial charge >= 0.3 is 12.1 Å². The first-order valence-corrected chi connectivity index (χ1v) is 8.60. The Labute approximate surface area is 141 Å². The molecule has 3 rings (SSSR count). The Bertz CT molecular complexity index is 658. The lowest BCUT2D eigenvalue weighted by molar-refractivity contribution is -0.145. The van der Waals surface area contributed by atoms with Crippen molar-refractivity contribution >= 4 is 35.2 Å². The molecule has 2 atom stereocenters. The van der Waals surface area contributed by atoms with Gasteiger partial charge in [-0.1, -0.05) is 0 Å². The highest BCUT2D eigenvalue weighted by Gasteiger charge is 2.44. The zero-order chi connectivity index (χ0) is 17.4. The van der Waals surface area contributed by atoms with Crippen molar-refractivity contribution in [2.75, 3.05) is 34.4 Å². The van der Waals surface area contributed by atoms with E-state index in [9.17, 15) is 18.4 Å². The third-order valence-electron chi connectivity index (χ3n) is 4.12. The highest BCUT2D eigenvalue weighted by Crippen LogP contribution is 2.34. The molecule has 0 aliphatic carbocycles. The third kappa shape index (κ3) is 2.88. The van der Waals surface area contributed by atoms with E-state index >= 15 is 0 Å². The maximum Gasteiger partial charge on any atom is 0.415 e. The van der Waals surface area contributed by atoms with Gasteiger partial charge in [-0.15, -0.1) is 0 Å². The fraction of sp³-hybridized carbons (Fsp3) is 0.467. The fourth-order valence-electron chi connectivity index (χ4n) is 2.94. The van der Waals surface area contributed by atoms with Gasteiger partial charge in [0.25, 0.3) is 0 Å². The van der Waals surface area contributed by atoms with E-state index in [1.165, 1.54) is 6.92 Å². The van der Waals surface area contributed by atoms with Crippen LogP contribution in [0.3, 0.4) is 0 Å². The average molecular weight is 358 g/mol. The van der Waals surface area contributed by atoms with Crippen molar-refractivity contribution in [3.8, 4) is 0 Å². The van der Waals surface area contributed by atoms with Gasteiger partial charge in [0, 0.05) is 36.7 Å². The lowest BCUT2D eigenvalue weighted by Crippen LogP contribution is -2.38. The van der Waals surface area contributed by atoms with Crippen molar-refractivity contribution in [3.05, 3.63) is 23.8 Å². The van der Waals surface area contributed by atoms with Gasteiger partial charge < -0.3 is 14.7 Å². The first-order chi connectivity index (χ1) is 11.4. The van der Waals surface area contributed by atoms with Crippen LogP contribution in [0.5, 0.6) is 0 Å². The van der Waals surface area contributed by atoms with Crippen molar-refractivity contribution in [1.29, 1.82) is 0 Å². The quantitative estimate of drug-likeness (QED) is 0.894. The average Bonchev–Trinajstić information content (AvgIpc) is 2.82. The van der Waals surface area contributed by atoms with E-state index in [1.807, 2.05) is 0 Å². The van der Waals surface area contributed by atoms with Crippen molar-refractivity contribution in [3.63, 3.8) is 0 Å². The van der Waals surface area contributed by atoms with Gasteiger partial charge in [0.05, 0.1) is 11.7 Å². The summed E-state index contributed by atoms with van der Waals surface area (Å²) in [5, 5.41) is 9.03. The summed E-state index contributed by atoms with van der Waals surface area (Å²) < 4.78 is 33.7.